The van der Waals surface area contributed by atoms with Gasteiger partial charge in [-0.15, -0.1) is 0 Å². The van der Waals surface area contributed by atoms with Crippen molar-refractivity contribution in [2.24, 2.45) is 5.92 Å². The Morgan fingerprint density at radius 1 is 1.50 bits per heavy atom. The second-order valence-electron chi connectivity index (χ2n) is 3.32. The molecule has 10 heavy (non-hydrogen) atoms. The number of likely N-dealkylation sites (tertiary alicyclic amines) is 1. The number of fused-ring (bicyclic) bond motifs is 1. The molecule has 0 aliphatic carbocycles. The van der Waals surface area contributed by atoms with Gasteiger partial charge in [0.2, 0.25) is 0 Å². The number of rotatable bonds is 0. The van der Waals surface area contributed by atoms with Crippen molar-refractivity contribution in [1.29, 1.82) is 0 Å². The summed E-state index contributed by atoms with van der Waals surface area (Å²) in [6.07, 6.45) is 0.0925. The van der Waals surface area contributed by atoms with Gasteiger partial charge in [0.15, 0.2) is 0 Å². The van der Waals surface area contributed by atoms with Crippen LogP contribution >= 0.6 is 0 Å². The second kappa shape index (κ2) is 2.19. The normalized spacial score (nSPS) is 48.0. The Bertz CT molecular complexity index is 140. The lowest BCUT2D eigenvalue weighted by Crippen LogP contribution is -2.23. The fourth-order valence-corrected chi connectivity index (χ4v) is 1.89. The average molecular weight is 143 g/mol. The molecule has 2 heterocycles. The first-order valence-corrected chi connectivity index (χ1v) is 3.75. The van der Waals surface area contributed by atoms with Gasteiger partial charge in [-0.3, -0.25) is 0 Å². The number of ether oxygens (including phenoxy) is 1. The van der Waals surface area contributed by atoms with E-state index in [1.165, 1.54) is 0 Å². The third kappa shape index (κ3) is 0.856. The van der Waals surface area contributed by atoms with Gasteiger partial charge < -0.3 is 14.7 Å². The summed E-state index contributed by atoms with van der Waals surface area (Å²) in [6.45, 7) is 2.52. The van der Waals surface area contributed by atoms with Crippen molar-refractivity contribution >= 4 is 0 Å². The lowest BCUT2D eigenvalue weighted by Gasteiger charge is -2.10. The first-order valence-electron chi connectivity index (χ1n) is 3.75. The lowest BCUT2D eigenvalue weighted by molar-refractivity contribution is 0.0777. The molecule has 3 heteroatoms. The molecule has 2 saturated heterocycles. The molecule has 3 nitrogen and oxygen atoms in total. The van der Waals surface area contributed by atoms with Crippen molar-refractivity contribution < 1.29 is 9.84 Å². The minimum absolute atomic E-state index is 0.213. The second-order valence-corrected chi connectivity index (χ2v) is 3.32. The molecule has 2 rings (SSSR count). The van der Waals surface area contributed by atoms with Crippen LogP contribution < -0.4 is 0 Å². The minimum atomic E-state index is -0.213. The van der Waals surface area contributed by atoms with E-state index >= 15 is 0 Å². The van der Waals surface area contributed by atoms with Crippen molar-refractivity contribution in [3.05, 3.63) is 0 Å². The third-order valence-corrected chi connectivity index (χ3v) is 2.47. The average Bonchev–Trinajstić information content (AvgIpc) is 2.35. The zero-order valence-electron chi connectivity index (χ0n) is 6.16. The van der Waals surface area contributed by atoms with E-state index in [0.29, 0.717) is 18.6 Å². The summed E-state index contributed by atoms with van der Waals surface area (Å²) < 4.78 is 5.37. The molecule has 0 aromatic carbocycles. The summed E-state index contributed by atoms with van der Waals surface area (Å²) >= 11 is 0. The van der Waals surface area contributed by atoms with Crippen molar-refractivity contribution in [2.75, 3.05) is 26.7 Å². The molecule has 0 spiro atoms. The van der Waals surface area contributed by atoms with E-state index < -0.39 is 0 Å². The summed E-state index contributed by atoms with van der Waals surface area (Å²) in [6, 6.07) is 0. The molecule has 0 saturated carbocycles. The lowest BCUT2D eigenvalue weighted by atomic mass is 10.0. The molecule has 2 aliphatic rings. The molecule has 58 valence electrons. The zero-order chi connectivity index (χ0) is 7.14. The summed E-state index contributed by atoms with van der Waals surface area (Å²) in [5, 5.41) is 9.37. The molecule has 0 amide bonds. The van der Waals surface area contributed by atoms with E-state index in [-0.39, 0.29) is 6.10 Å². The maximum absolute atomic E-state index is 9.37. The molecule has 0 aromatic heterocycles. The van der Waals surface area contributed by atoms with Gasteiger partial charge in [0.25, 0.3) is 0 Å². The first-order chi connectivity index (χ1) is 4.77. The molecule has 2 aliphatic heterocycles. The predicted octanol–water partition coefficient (Wildman–Crippen LogP) is -0.692. The van der Waals surface area contributed by atoms with Crippen LogP contribution in [0.4, 0.5) is 0 Å². The molecule has 1 N–H and O–H groups in total. The molecule has 0 bridgehead atoms. The summed E-state index contributed by atoms with van der Waals surface area (Å²) in [5.41, 5.74) is 0. The van der Waals surface area contributed by atoms with Gasteiger partial charge in [-0.1, -0.05) is 0 Å². The molecule has 2 fully saturated rings. The van der Waals surface area contributed by atoms with Gasteiger partial charge in [-0.25, -0.2) is 0 Å². The Morgan fingerprint density at radius 3 is 3.00 bits per heavy atom. The number of aliphatic hydroxyl groups excluding tert-OH is 1. The van der Waals surface area contributed by atoms with Gasteiger partial charge in [0.1, 0.15) is 0 Å². The Balaban J connectivity index is 2.05. The van der Waals surface area contributed by atoms with Crippen molar-refractivity contribution in [1.82, 2.24) is 4.90 Å². The van der Waals surface area contributed by atoms with E-state index in [2.05, 4.69) is 11.9 Å². The van der Waals surface area contributed by atoms with E-state index in [9.17, 15) is 5.11 Å². The quantitative estimate of drug-likeness (QED) is 0.487. The Kier molecular flexibility index (Phi) is 1.44. The number of nitrogens with zero attached hydrogens (tertiary/aromatic N) is 1. The van der Waals surface area contributed by atoms with E-state index in [4.69, 9.17) is 4.74 Å². The van der Waals surface area contributed by atoms with Crippen LogP contribution in [-0.4, -0.2) is 49.0 Å². The summed E-state index contributed by atoms with van der Waals surface area (Å²) in [5.74, 6) is 0.380. The largest absolute Gasteiger partial charge is 0.390 e. The molecular weight excluding hydrogens is 130 g/mol. The molecule has 0 radical (unpaired) electrons. The fraction of sp³-hybridized carbons (Fsp3) is 1.00. The van der Waals surface area contributed by atoms with Crippen molar-refractivity contribution in [3.8, 4) is 0 Å². The standard InChI is InChI=1S/C7H13NO2/c1-8-2-5-6(9)4-10-7(5)3-8/h5-7,9H,2-4H2,1H3. The van der Waals surface area contributed by atoms with Crippen molar-refractivity contribution in [3.63, 3.8) is 0 Å². The Morgan fingerprint density at radius 2 is 2.30 bits per heavy atom. The van der Waals surface area contributed by atoms with Crippen LogP contribution in [0.1, 0.15) is 0 Å². The van der Waals surface area contributed by atoms with Gasteiger partial charge in [0, 0.05) is 19.0 Å². The van der Waals surface area contributed by atoms with Crippen LogP contribution in [0.2, 0.25) is 0 Å². The van der Waals surface area contributed by atoms with Gasteiger partial charge in [-0.2, -0.15) is 0 Å². The predicted molar refractivity (Wildman–Crippen MR) is 36.7 cm³/mol. The highest BCUT2D eigenvalue weighted by atomic mass is 16.5. The topological polar surface area (TPSA) is 32.7 Å². The number of hydrogen-bond acceptors (Lipinski definition) is 3. The maximum Gasteiger partial charge on any atom is 0.0839 e. The Hall–Kier alpha value is -0.120. The van der Waals surface area contributed by atoms with Crippen LogP contribution in [0.15, 0.2) is 0 Å². The highest BCUT2D eigenvalue weighted by molar-refractivity contribution is 4.92. The SMILES string of the molecule is CN1CC2OCC(O)C2C1. The van der Waals surface area contributed by atoms with Crippen molar-refractivity contribution in [2.45, 2.75) is 12.2 Å². The van der Waals surface area contributed by atoms with Crippen LogP contribution in [0.3, 0.4) is 0 Å². The highest BCUT2D eigenvalue weighted by Gasteiger charge is 2.41. The Labute approximate surface area is 60.6 Å². The van der Waals surface area contributed by atoms with Crippen LogP contribution in [0.25, 0.3) is 0 Å². The summed E-state index contributed by atoms with van der Waals surface area (Å²) in [4.78, 5) is 2.21. The maximum atomic E-state index is 9.37. The molecular formula is C7H13NO2. The number of aliphatic hydroxyl groups is 1. The number of likely N-dealkylation sites (N-methyl/N-ethyl adjacent to an activating group) is 1. The van der Waals surface area contributed by atoms with Gasteiger partial charge in [-0.05, 0) is 7.05 Å². The fourth-order valence-electron chi connectivity index (χ4n) is 1.89. The highest BCUT2D eigenvalue weighted by Crippen LogP contribution is 2.27. The van der Waals surface area contributed by atoms with E-state index in [1.54, 1.807) is 0 Å². The molecule has 3 unspecified atom stereocenters. The minimum Gasteiger partial charge on any atom is -0.390 e. The van der Waals surface area contributed by atoms with Crippen LogP contribution in [-0.2, 0) is 4.74 Å². The van der Waals surface area contributed by atoms with Crippen LogP contribution in [0, 0.1) is 5.92 Å². The molecule has 0 aromatic rings. The van der Waals surface area contributed by atoms with Gasteiger partial charge in [0.05, 0.1) is 18.8 Å². The van der Waals surface area contributed by atoms with Gasteiger partial charge >= 0.3 is 0 Å². The van der Waals surface area contributed by atoms with Crippen LogP contribution in [0.5, 0.6) is 0 Å². The third-order valence-electron chi connectivity index (χ3n) is 2.47. The van der Waals surface area contributed by atoms with E-state index in [1.807, 2.05) is 0 Å². The first kappa shape index (κ1) is 6.58. The van der Waals surface area contributed by atoms with E-state index in [0.717, 1.165) is 13.1 Å². The molecule has 3 atom stereocenters. The smallest absolute Gasteiger partial charge is 0.0839 e. The summed E-state index contributed by atoms with van der Waals surface area (Å²) in [7, 11) is 2.06. The number of hydrogen-bond donors (Lipinski definition) is 1. The monoisotopic (exact) mass is 143 g/mol. The zero-order valence-corrected chi connectivity index (χ0v) is 6.16.